The summed E-state index contributed by atoms with van der Waals surface area (Å²) in [4.78, 5) is 0. The van der Waals surface area contributed by atoms with Crippen LogP contribution in [0.1, 0.15) is 13.8 Å². The highest BCUT2D eigenvalue weighted by Crippen LogP contribution is 2.41. The maximum absolute atomic E-state index is 9.46. The first-order valence-corrected chi connectivity index (χ1v) is 5.56. The highest BCUT2D eigenvalue weighted by Gasteiger charge is 2.51. The van der Waals surface area contributed by atoms with Crippen molar-refractivity contribution in [2.75, 3.05) is 40.0 Å². The Labute approximate surface area is 95.6 Å². The molecule has 2 aliphatic rings. The highest BCUT2D eigenvalue weighted by molar-refractivity contribution is 4.97. The summed E-state index contributed by atoms with van der Waals surface area (Å²) >= 11 is 0. The van der Waals surface area contributed by atoms with Crippen LogP contribution in [0.3, 0.4) is 0 Å². The summed E-state index contributed by atoms with van der Waals surface area (Å²) in [5, 5.41) is 9.46. The quantitative estimate of drug-likeness (QED) is 0.745. The molecule has 2 saturated heterocycles. The maximum Gasteiger partial charge on any atom is 0.147 e. The fourth-order valence-corrected chi connectivity index (χ4v) is 2.58. The van der Waals surface area contributed by atoms with E-state index in [1.807, 2.05) is 13.8 Å². The predicted molar refractivity (Wildman–Crippen MR) is 55.8 cm³/mol. The lowest BCUT2D eigenvalue weighted by Crippen LogP contribution is -2.59. The lowest BCUT2D eigenvalue weighted by Gasteiger charge is -2.50. The first-order valence-electron chi connectivity index (χ1n) is 5.56. The van der Waals surface area contributed by atoms with Crippen molar-refractivity contribution in [1.82, 2.24) is 0 Å². The van der Waals surface area contributed by atoms with E-state index in [2.05, 4.69) is 0 Å². The lowest BCUT2D eigenvalue weighted by atomic mass is 9.70. The topological polar surface area (TPSA) is 57.2 Å². The first kappa shape index (κ1) is 12.3. The van der Waals surface area contributed by atoms with Gasteiger partial charge in [0.15, 0.2) is 0 Å². The van der Waals surface area contributed by atoms with Gasteiger partial charge in [0, 0.05) is 5.41 Å². The van der Waals surface area contributed by atoms with Crippen molar-refractivity contribution >= 4 is 0 Å². The summed E-state index contributed by atoms with van der Waals surface area (Å²) in [6, 6.07) is 0. The number of hydrogen-bond donors (Lipinski definition) is 1. The van der Waals surface area contributed by atoms with E-state index in [4.69, 9.17) is 18.9 Å². The molecule has 2 aliphatic heterocycles. The molecule has 0 bridgehead atoms. The molecule has 1 unspecified atom stereocenters. The van der Waals surface area contributed by atoms with Gasteiger partial charge in [-0.3, -0.25) is 0 Å². The molecule has 5 heteroatoms. The molecule has 1 atom stereocenters. The monoisotopic (exact) mass is 232 g/mol. The summed E-state index contributed by atoms with van der Waals surface area (Å²) in [5.74, 6) is 0. The van der Waals surface area contributed by atoms with E-state index < -0.39 is 0 Å². The van der Waals surface area contributed by atoms with Crippen molar-refractivity contribution in [3.8, 4) is 0 Å². The molecule has 0 aromatic carbocycles. The van der Waals surface area contributed by atoms with Crippen molar-refractivity contribution in [3.05, 3.63) is 0 Å². The smallest absolute Gasteiger partial charge is 0.147 e. The molecule has 5 nitrogen and oxygen atoms in total. The second-order valence-electron chi connectivity index (χ2n) is 5.34. The van der Waals surface area contributed by atoms with Gasteiger partial charge in [0.2, 0.25) is 0 Å². The van der Waals surface area contributed by atoms with Gasteiger partial charge in [-0.25, -0.2) is 0 Å². The minimum Gasteiger partial charge on any atom is -0.396 e. The Kier molecular flexibility index (Phi) is 3.51. The van der Waals surface area contributed by atoms with E-state index in [-0.39, 0.29) is 30.3 Å². The van der Waals surface area contributed by atoms with E-state index >= 15 is 0 Å². The zero-order valence-corrected chi connectivity index (χ0v) is 9.90. The largest absolute Gasteiger partial charge is 0.396 e. The second kappa shape index (κ2) is 4.58. The Bertz CT molecular complexity index is 226. The van der Waals surface area contributed by atoms with Gasteiger partial charge >= 0.3 is 0 Å². The van der Waals surface area contributed by atoms with Crippen LogP contribution in [0, 0.1) is 10.8 Å². The minimum atomic E-state index is -0.326. The number of ether oxygens (including phenoxy) is 4. The molecule has 0 saturated carbocycles. The normalized spacial score (nSPS) is 30.6. The zero-order chi connectivity index (χ0) is 11.6. The fourth-order valence-electron chi connectivity index (χ4n) is 2.58. The Morgan fingerprint density at radius 3 is 2.25 bits per heavy atom. The number of aliphatic hydroxyl groups is 1. The van der Waals surface area contributed by atoms with E-state index in [9.17, 15) is 5.11 Å². The molecule has 1 spiro atoms. The predicted octanol–water partition coefficient (Wildman–Crippen LogP) is 0.368. The van der Waals surface area contributed by atoms with E-state index in [1.165, 1.54) is 0 Å². The maximum atomic E-state index is 9.46. The molecule has 16 heavy (non-hydrogen) atoms. The summed E-state index contributed by atoms with van der Waals surface area (Å²) in [6.07, 6.45) is -0.112. The summed E-state index contributed by atoms with van der Waals surface area (Å²) in [6.45, 7) is 6.31. The fraction of sp³-hybridized carbons (Fsp3) is 1.00. The van der Waals surface area contributed by atoms with Gasteiger partial charge in [0.25, 0.3) is 0 Å². The molecule has 0 aliphatic carbocycles. The van der Waals surface area contributed by atoms with Gasteiger partial charge < -0.3 is 24.1 Å². The van der Waals surface area contributed by atoms with Gasteiger partial charge in [0.05, 0.1) is 37.9 Å². The van der Waals surface area contributed by atoms with Crippen LogP contribution < -0.4 is 0 Å². The van der Waals surface area contributed by atoms with Gasteiger partial charge in [-0.1, -0.05) is 13.8 Å². The van der Waals surface area contributed by atoms with Crippen LogP contribution in [-0.4, -0.2) is 51.2 Å². The van der Waals surface area contributed by atoms with Crippen molar-refractivity contribution in [2.24, 2.45) is 10.8 Å². The van der Waals surface area contributed by atoms with Crippen molar-refractivity contribution in [2.45, 2.75) is 20.0 Å². The van der Waals surface area contributed by atoms with Crippen molar-refractivity contribution in [3.63, 3.8) is 0 Å². The Balaban J connectivity index is 2.18. The summed E-state index contributed by atoms with van der Waals surface area (Å²) < 4.78 is 21.8. The molecule has 0 amide bonds. The molecular formula is C11H20O5. The standard InChI is InChI=1S/C11H20O5/c1-10(2,3-12)9-11(6-15-8-16-9)4-13-7-14-5-11/h9,12H,3-8H2,1-2H3. The molecule has 0 radical (unpaired) electrons. The third-order valence-electron chi connectivity index (χ3n) is 3.33. The second-order valence-corrected chi connectivity index (χ2v) is 5.34. The number of rotatable bonds is 2. The highest BCUT2D eigenvalue weighted by atomic mass is 16.7. The average molecular weight is 232 g/mol. The Morgan fingerprint density at radius 2 is 1.69 bits per heavy atom. The first-order chi connectivity index (χ1) is 7.61. The van der Waals surface area contributed by atoms with Crippen LogP contribution in [0.25, 0.3) is 0 Å². The Morgan fingerprint density at radius 1 is 1.12 bits per heavy atom. The molecule has 0 aromatic heterocycles. The van der Waals surface area contributed by atoms with Crippen LogP contribution >= 0.6 is 0 Å². The summed E-state index contributed by atoms with van der Waals surface area (Å²) in [7, 11) is 0. The van der Waals surface area contributed by atoms with Crippen molar-refractivity contribution < 1.29 is 24.1 Å². The SMILES string of the molecule is CC(C)(CO)C1OCOCC12COCOC2. The molecule has 2 fully saturated rings. The minimum absolute atomic E-state index is 0.0689. The van der Waals surface area contributed by atoms with Gasteiger partial charge in [-0.2, -0.15) is 0 Å². The average Bonchev–Trinajstić information content (AvgIpc) is 2.30. The van der Waals surface area contributed by atoms with E-state index in [0.29, 0.717) is 26.6 Å². The molecule has 2 heterocycles. The van der Waals surface area contributed by atoms with Crippen molar-refractivity contribution in [1.29, 1.82) is 0 Å². The number of aliphatic hydroxyl groups excluding tert-OH is 1. The third-order valence-corrected chi connectivity index (χ3v) is 3.33. The zero-order valence-electron chi connectivity index (χ0n) is 9.90. The Hall–Kier alpha value is -0.200. The van der Waals surface area contributed by atoms with Crippen LogP contribution in [0.4, 0.5) is 0 Å². The van der Waals surface area contributed by atoms with Crippen LogP contribution in [0.15, 0.2) is 0 Å². The van der Waals surface area contributed by atoms with Gasteiger partial charge in [-0.05, 0) is 0 Å². The van der Waals surface area contributed by atoms with Gasteiger partial charge in [-0.15, -0.1) is 0 Å². The molecule has 2 rings (SSSR count). The van der Waals surface area contributed by atoms with E-state index in [0.717, 1.165) is 0 Å². The number of hydrogen-bond acceptors (Lipinski definition) is 5. The van der Waals surface area contributed by atoms with Gasteiger partial charge in [0.1, 0.15) is 13.6 Å². The van der Waals surface area contributed by atoms with Crippen LogP contribution in [0.2, 0.25) is 0 Å². The van der Waals surface area contributed by atoms with Crippen LogP contribution in [-0.2, 0) is 18.9 Å². The van der Waals surface area contributed by atoms with E-state index in [1.54, 1.807) is 0 Å². The molecular weight excluding hydrogens is 212 g/mol. The third kappa shape index (κ3) is 2.10. The molecule has 1 N–H and O–H groups in total. The molecule has 0 aromatic rings. The van der Waals surface area contributed by atoms with Crippen LogP contribution in [0.5, 0.6) is 0 Å². The lowest BCUT2D eigenvalue weighted by molar-refractivity contribution is -0.299. The summed E-state index contributed by atoms with van der Waals surface area (Å²) in [5.41, 5.74) is -0.615. The molecule has 94 valence electrons.